The van der Waals surface area contributed by atoms with E-state index in [1.807, 2.05) is 38.1 Å². The molecular formula is C49H41F5N8O4S2. The van der Waals surface area contributed by atoms with Crippen molar-refractivity contribution in [1.82, 2.24) is 29.7 Å². The number of thiophene rings is 2. The van der Waals surface area contributed by atoms with Gasteiger partial charge in [-0.3, -0.25) is 18.7 Å². The Balaban J connectivity index is 0.000000164. The molecule has 5 aromatic heterocycles. The molecule has 0 unspecified atom stereocenters. The second kappa shape index (κ2) is 18.9. The molecule has 0 bridgehead atoms. The monoisotopic (exact) mass is 964 g/mol. The van der Waals surface area contributed by atoms with Crippen molar-refractivity contribution in [3.8, 4) is 28.5 Å². The first kappa shape index (κ1) is 46.0. The normalized spacial score (nSPS) is 13.8. The summed E-state index contributed by atoms with van der Waals surface area (Å²) in [6, 6.07) is 22.2. The number of phenols is 1. The van der Waals surface area contributed by atoms with Crippen LogP contribution < -0.4 is 16.5 Å². The molecule has 68 heavy (non-hydrogen) atoms. The van der Waals surface area contributed by atoms with Crippen LogP contribution in [0.25, 0.3) is 63.4 Å². The highest BCUT2D eigenvalue weighted by Crippen LogP contribution is 2.46. The van der Waals surface area contributed by atoms with E-state index in [0.717, 1.165) is 64.7 Å². The van der Waals surface area contributed by atoms with Crippen LogP contribution in [0.1, 0.15) is 73.9 Å². The Hall–Kier alpha value is -7.12. The number of phenolic OH excluding ortho intramolecular Hbond substituents is 1. The van der Waals surface area contributed by atoms with Crippen LogP contribution in [-0.2, 0) is 19.3 Å². The van der Waals surface area contributed by atoms with Crippen LogP contribution in [0.5, 0.6) is 5.75 Å². The van der Waals surface area contributed by atoms with Crippen molar-refractivity contribution in [2.24, 2.45) is 5.10 Å². The molecule has 4 aromatic carbocycles. The molecule has 0 saturated heterocycles. The quantitative estimate of drug-likeness (QED) is 0.0499. The number of nitrogens with zero attached hydrogens (tertiary/aromatic N) is 6. The van der Waals surface area contributed by atoms with Crippen molar-refractivity contribution in [2.45, 2.75) is 70.6 Å². The average molecular weight is 965 g/mol. The van der Waals surface area contributed by atoms with Crippen LogP contribution in [-0.4, -0.2) is 48.3 Å². The van der Waals surface area contributed by atoms with E-state index in [9.17, 15) is 36.6 Å². The summed E-state index contributed by atoms with van der Waals surface area (Å²) < 4.78 is 76.5. The molecule has 348 valence electrons. The number of nitrogens with one attached hydrogen (secondary N) is 2. The van der Waals surface area contributed by atoms with Crippen molar-refractivity contribution in [2.75, 3.05) is 6.54 Å². The Morgan fingerprint density at radius 2 is 1.40 bits per heavy atom. The molecular weight excluding hydrogens is 924 g/mol. The van der Waals surface area contributed by atoms with E-state index in [1.165, 1.54) is 57.7 Å². The molecule has 2 fully saturated rings. The molecule has 0 aliphatic heterocycles. The number of hydrazone groups is 1. The highest BCUT2D eigenvalue weighted by atomic mass is 32.1. The Labute approximate surface area is 391 Å². The van der Waals surface area contributed by atoms with Crippen molar-refractivity contribution >= 4 is 75.7 Å². The van der Waals surface area contributed by atoms with Gasteiger partial charge in [0.25, 0.3) is 11.1 Å². The molecule has 11 rings (SSSR count). The zero-order valence-corrected chi connectivity index (χ0v) is 38.0. The molecule has 19 heteroatoms. The van der Waals surface area contributed by atoms with Gasteiger partial charge in [-0.1, -0.05) is 49.3 Å². The Morgan fingerprint density at radius 3 is 2.01 bits per heavy atom. The zero-order chi connectivity index (χ0) is 47.9. The van der Waals surface area contributed by atoms with E-state index in [0.29, 0.717) is 48.5 Å². The van der Waals surface area contributed by atoms with Crippen molar-refractivity contribution < 1.29 is 31.6 Å². The number of hydrogen-bond acceptors (Lipinski definition) is 12. The fourth-order valence-corrected chi connectivity index (χ4v) is 10.3. The molecule has 5 heterocycles. The molecule has 0 radical (unpaired) electrons. The Morgan fingerprint density at radius 1 is 0.809 bits per heavy atom. The van der Waals surface area contributed by atoms with Crippen LogP contribution in [0.15, 0.2) is 104 Å². The number of benzene rings is 4. The van der Waals surface area contributed by atoms with Crippen LogP contribution >= 0.6 is 22.7 Å². The molecule has 0 amide bonds. The first-order chi connectivity index (χ1) is 32.9. The summed E-state index contributed by atoms with van der Waals surface area (Å²) in [5.41, 5.74) is 3.94. The first-order valence-corrected chi connectivity index (χ1v) is 23.5. The molecule has 2 saturated carbocycles. The Bertz CT molecular complexity index is 3530. The van der Waals surface area contributed by atoms with Crippen molar-refractivity contribution in [1.29, 1.82) is 5.41 Å². The van der Waals surface area contributed by atoms with Gasteiger partial charge in [-0.15, -0.1) is 22.7 Å². The largest absolute Gasteiger partial charge is 0.506 e. The smallest absolute Gasteiger partial charge is 0.436 e. The van der Waals surface area contributed by atoms with Gasteiger partial charge in [0.1, 0.15) is 38.7 Å². The molecule has 3 N–H and O–H groups in total. The van der Waals surface area contributed by atoms with Gasteiger partial charge >= 0.3 is 6.18 Å². The van der Waals surface area contributed by atoms with Gasteiger partial charge in [0.15, 0.2) is 11.5 Å². The molecule has 0 spiro atoms. The summed E-state index contributed by atoms with van der Waals surface area (Å²) in [5.74, 6) is 0.434. The number of rotatable bonds is 11. The average Bonchev–Trinajstić information content (AvgIpc) is 4.24. The third-order valence-electron chi connectivity index (χ3n) is 11.5. The van der Waals surface area contributed by atoms with Gasteiger partial charge in [0.05, 0.1) is 34.8 Å². The number of aromatic hydroxyl groups is 1. The first-order valence-electron chi connectivity index (χ1n) is 21.8. The maximum absolute atomic E-state index is 14.1. The van der Waals surface area contributed by atoms with Crippen LogP contribution in [0, 0.1) is 17.0 Å². The predicted molar refractivity (Wildman–Crippen MR) is 256 cm³/mol. The lowest BCUT2D eigenvalue weighted by Crippen LogP contribution is -2.27. The fourth-order valence-electron chi connectivity index (χ4n) is 8.17. The van der Waals surface area contributed by atoms with Crippen molar-refractivity contribution in [3.05, 3.63) is 140 Å². The second-order valence-electron chi connectivity index (χ2n) is 16.0. The van der Waals surface area contributed by atoms with E-state index < -0.39 is 23.2 Å². The molecule has 9 aromatic rings. The molecule has 2 aliphatic carbocycles. The molecule has 2 aliphatic rings. The third kappa shape index (κ3) is 9.02. The lowest BCUT2D eigenvalue weighted by molar-refractivity contribution is -0.142. The number of alkyl halides is 3. The molecule has 12 nitrogen and oxygen atoms in total. The lowest BCUT2D eigenvalue weighted by atomic mass is 10.0. The van der Waals surface area contributed by atoms with E-state index in [2.05, 4.69) is 15.7 Å². The maximum Gasteiger partial charge on any atom is 0.436 e. The summed E-state index contributed by atoms with van der Waals surface area (Å²) in [4.78, 5) is 38.1. The number of hydrogen-bond donors (Lipinski definition) is 3. The Kier molecular flexibility index (Phi) is 12.8. The van der Waals surface area contributed by atoms with Gasteiger partial charge in [0.2, 0.25) is 0 Å². The number of halogens is 5. The zero-order valence-electron chi connectivity index (χ0n) is 36.4. The fraction of sp³-hybridized carbons (Fsp3) is 0.245. The highest BCUT2D eigenvalue weighted by molar-refractivity contribution is 7.26. The van der Waals surface area contributed by atoms with E-state index in [-0.39, 0.29) is 53.6 Å². The maximum atomic E-state index is 14.1. The van der Waals surface area contributed by atoms with E-state index in [4.69, 9.17) is 19.9 Å². The summed E-state index contributed by atoms with van der Waals surface area (Å²) in [6.07, 6.45) is 1.45. The second-order valence-corrected chi connectivity index (χ2v) is 18.0. The van der Waals surface area contributed by atoms with Crippen LogP contribution in [0.4, 0.5) is 22.0 Å². The van der Waals surface area contributed by atoms with Gasteiger partial charge in [-0.25, -0.2) is 18.7 Å². The predicted octanol–water partition coefficient (Wildman–Crippen LogP) is 11.6. The standard InChI is InChI=1S/C24H15F4N3O2S.C23H20FN5O2S.C2H6/c25-13-7-8-15(17(9-13)12-5-6-12)21-29-22-20(16-3-1-2-4-18(16)34-22)23(32)31(21)11-14-10-19(30-33-14)24(26,27)28;24-14-6-7-15(17(12-14)13-4-5-13)21-28-22-19(16-2-1-3-18(30)20(16)32-22)23(31)29(21)11-10-27-26-9-8-25;1-2/h1-4,7-10,12H,5-6,11H2;1-3,6-9,12-13,25,27,30H,4-5,10-11H2;1-2H3/b;25-8?,26-9-;. The minimum atomic E-state index is -4.67. The topological polar surface area (TPSA) is 164 Å². The van der Waals surface area contributed by atoms with Crippen molar-refractivity contribution in [3.63, 3.8) is 0 Å². The van der Waals surface area contributed by atoms with Gasteiger partial charge < -0.3 is 20.5 Å². The molecule has 0 atom stereocenters. The third-order valence-corrected chi connectivity index (χ3v) is 13.7. The summed E-state index contributed by atoms with van der Waals surface area (Å²) in [6.45, 7) is 4.33. The van der Waals surface area contributed by atoms with Gasteiger partial charge in [0, 0.05) is 45.4 Å². The summed E-state index contributed by atoms with van der Waals surface area (Å²) in [7, 11) is 0. The highest BCUT2D eigenvalue weighted by Gasteiger charge is 2.36. The van der Waals surface area contributed by atoms with E-state index >= 15 is 0 Å². The summed E-state index contributed by atoms with van der Waals surface area (Å²) in [5, 5.41) is 26.5. The van der Waals surface area contributed by atoms with Gasteiger partial charge in [-0.05, 0) is 97.2 Å². The minimum Gasteiger partial charge on any atom is -0.506 e. The number of aromatic nitrogens is 5. The SMILES string of the molecule is CC.N=C/C=N\NCCn1c(-c2ccc(F)cc2C2CC2)nc2sc3c(O)cccc3c2c1=O.O=c1c2c(nc(-c3ccc(F)cc3C3CC3)n1Cc1cc(C(F)(F)F)no1)sc1ccccc12. The minimum absolute atomic E-state index is 0.112. The lowest BCUT2D eigenvalue weighted by Gasteiger charge is -2.15. The van der Waals surface area contributed by atoms with Crippen LogP contribution in [0.2, 0.25) is 0 Å². The van der Waals surface area contributed by atoms with Crippen LogP contribution in [0.3, 0.4) is 0 Å². The van der Waals surface area contributed by atoms with Gasteiger partial charge in [-0.2, -0.15) is 18.3 Å². The summed E-state index contributed by atoms with van der Waals surface area (Å²) >= 11 is 2.63. The number of fused-ring (bicyclic) bond motifs is 6. The van der Waals surface area contributed by atoms with E-state index in [1.54, 1.807) is 34.9 Å².